The fraction of sp³-hybridized carbons (Fsp3) is 0.387. The first-order valence-corrected chi connectivity index (χ1v) is 15.1. The van der Waals surface area contributed by atoms with Crippen LogP contribution >= 0.6 is 0 Å². The third-order valence-electron chi connectivity index (χ3n) is 9.28. The minimum Gasteiger partial charge on any atom is -0.461 e. The van der Waals surface area contributed by atoms with Gasteiger partial charge in [-0.1, -0.05) is 0 Å². The number of anilines is 2. The third-order valence-corrected chi connectivity index (χ3v) is 9.28. The van der Waals surface area contributed by atoms with Crippen LogP contribution in [0.1, 0.15) is 55.3 Å². The van der Waals surface area contributed by atoms with Crippen LogP contribution in [-0.4, -0.2) is 60.3 Å². The fourth-order valence-electron chi connectivity index (χ4n) is 7.11. The van der Waals surface area contributed by atoms with Crippen molar-refractivity contribution in [2.24, 2.45) is 0 Å². The number of benzene rings is 1. The lowest BCUT2D eigenvalue weighted by Gasteiger charge is -2.31. The molecule has 0 unspecified atom stereocenters. The summed E-state index contributed by atoms with van der Waals surface area (Å²) in [4.78, 5) is 30.9. The molecule has 0 saturated carbocycles. The number of hydrogen-bond acceptors (Lipinski definition) is 9. The van der Waals surface area contributed by atoms with Crippen LogP contribution in [0.15, 0.2) is 29.3 Å². The van der Waals surface area contributed by atoms with Crippen molar-refractivity contribution in [3.63, 3.8) is 0 Å². The molecule has 1 aromatic carbocycles. The van der Waals surface area contributed by atoms with Crippen LogP contribution in [0.2, 0.25) is 0 Å². The summed E-state index contributed by atoms with van der Waals surface area (Å²) in [5.74, 6) is -2.06. The molecule has 2 aliphatic rings. The highest BCUT2D eigenvalue weighted by atomic mass is 19.4. The van der Waals surface area contributed by atoms with Gasteiger partial charge >= 0.3 is 12.2 Å². The van der Waals surface area contributed by atoms with Gasteiger partial charge in [-0.15, -0.1) is 0 Å². The largest absolute Gasteiger partial charge is 0.461 e. The molecule has 0 bridgehead atoms. The van der Waals surface area contributed by atoms with Gasteiger partial charge in [0.15, 0.2) is 5.82 Å². The molecule has 0 aliphatic carbocycles. The molecule has 4 aromatic heterocycles. The summed E-state index contributed by atoms with van der Waals surface area (Å²) in [7, 11) is 0. The Bertz CT molecular complexity index is 2080. The number of aryl methyl sites for hydroxylation is 1. The van der Waals surface area contributed by atoms with Crippen LogP contribution in [0, 0.1) is 18.6 Å². The van der Waals surface area contributed by atoms with E-state index in [2.05, 4.69) is 40.3 Å². The van der Waals surface area contributed by atoms with Gasteiger partial charge in [-0.05, 0) is 70.3 Å². The molecular weight excluding hydrogens is 625 g/mol. The third kappa shape index (κ3) is 5.20. The number of nitrogen functional groups attached to an aromatic ring is 1. The van der Waals surface area contributed by atoms with Crippen molar-refractivity contribution in [1.29, 1.82) is 0 Å². The van der Waals surface area contributed by atoms with Crippen LogP contribution < -0.4 is 21.3 Å². The van der Waals surface area contributed by atoms with E-state index in [-0.39, 0.29) is 57.2 Å². The van der Waals surface area contributed by atoms with Gasteiger partial charge in [-0.2, -0.15) is 28.2 Å². The molecule has 2 aliphatic heterocycles. The molecule has 1 atom stereocenters. The molecule has 6 heterocycles. The molecule has 246 valence electrons. The van der Waals surface area contributed by atoms with Gasteiger partial charge in [0.25, 0.3) is 5.56 Å². The van der Waals surface area contributed by atoms with Crippen molar-refractivity contribution < 1.29 is 26.7 Å². The van der Waals surface area contributed by atoms with Crippen molar-refractivity contribution >= 4 is 33.4 Å². The van der Waals surface area contributed by atoms with Gasteiger partial charge < -0.3 is 20.8 Å². The van der Waals surface area contributed by atoms with Gasteiger partial charge in [0.2, 0.25) is 0 Å². The van der Waals surface area contributed by atoms with Crippen molar-refractivity contribution in [1.82, 2.24) is 35.0 Å². The Balaban J connectivity index is 1.42. The number of nitrogens with one attached hydrogen (secondary N) is 3. The van der Waals surface area contributed by atoms with E-state index in [0.29, 0.717) is 0 Å². The lowest BCUT2D eigenvalue weighted by atomic mass is 9.94. The molecule has 5 N–H and O–H groups in total. The van der Waals surface area contributed by atoms with Crippen LogP contribution in [0.25, 0.3) is 33.1 Å². The Labute approximate surface area is 263 Å². The second-order valence-electron chi connectivity index (χ2n) is 12.2. The summed E-state index contributed by atoms with van der Waals surface area (Å²) in [6, 6.07) is 1.33. The number of aromatic nitrogens is 6. The first-order valence-electron chi connectivity index (χ1n) is 15.1. The maximum Gasteiger partial charge on any atom is 0.417 e. The molecule has 2 fully saturated rings. The number of nitrogens with zero attached hydrogens (tertiary/aromatic N) is 5. The van der Waals surface area contributed by atoms with Crippen molar-refractivity contribution in [3.05, 3.63) is 63.2 Å². The number of alkyl halides is 3. The monoisotopic (exact) mass is 655 g/mol. The van der Waals surface area contributed by atoms with Crippen LogP contribution in [-0.2, 0) is 6.18 Å². The number of rotatable bonds is 7. The number of pyridine rings is 2. The normalized spacial score (nSPS) is 17.0. The van der Waals surface area contributed by atoms with Gasteiger partial charge in [0.05, 0.1) is 40.7 Å². The van der Waals surface area contributed by atoms with Crippen LogP contribution in [0.4, 0.5) is 33.6 Å². The predicted octanol–water partition coefficient (Wildman–Crippen LogP) is 5.62. The number of aromatic amines is 2. The minimum atomic E-state index is -4.90. The van der Waals surface area contributed by atoms with Crippen molar-refractivity contribution in [2.75, 3.05) is 30.7 Å². The summed E-state index contributed by atoms with van der Waals surface area (Å²) in [5.41, 5.74) is 2.01. The van der Waals surface area contributed by atoms with Crippen molar-refractivity contribution in [3.8, 4) is 17.3 Å². The Morgan fingerprint density at radius 1 is 1.15 bits per heavy atom. The quantitative estimate of drug-likeness (QED) is 0.164. The first-order chi connectivity index (χ1) is 22.4. The Morgan fingerprint density at radius 2 is 1.89 bits per heavy atom. The highest BCUT2D eigenvalue weighted by Crippen LogP contribution is 2.44. The lowest BCUT2D eigenvalue weighted by Crippen LogP contribution is -2.43. The molecular formula is C31H30F5N9O2. The average molecular weight is 656 g/mol. The summed E-state index contributed by atoms with van der Waals surface area (Å²) >= 11 is 0. The number of halogens is 5. The SMILES string of the molecule is Cc1cc2[nH]ncc2c(-c2[nH]c(=O)c3c(N[C@H](C)c4cc(F)cnc4N)nc(OCC45CCCN4CCC5)nc3c2F)c1C(F)(F)F. The van der Waals surface area contributed by atoms with Crippen molar-refractivity contribution in [2.45, 2.75) is 57.3 Å². The second-order valence-corrected chi connectivity index (χ2v) is 12.2. The topological polar surface area (TPSA) is 151 Å². The Hall–Kier alpha value is -4.86. The fourth-order valence-corrected chi connectivity index (χ4v) is 7.11. The predicted molar refractivity (Wildman–Crippen MR) is 164 cm³/mol. The van der Waals surface area contributed by atoms with E-state index in [1.165, 1.54) is 13.0 Å². The zero-order chi connectivity index (χ0) is 33.2. The maximum absolute atomic E-state index is 16.7. The molecule has 0 amide bonds. The maximum atomic E-state index is 16.7. The molecule has 5 aromatic rings. The van der Waals surface area contributed by atoms with Gasteiger partial charge in [0.1, 0.15) is 35.0 Å². The lowest BCUT2D eigenvalue weighted by molar-refractivity contribution is -0.137. The van der Waals surface area contributed by atoms with E-state index in [0.717, 1.165) is 57.2 Å². The molecule has 0 spiro atoms. The van der Waals surface area contributed by atoms with E-state index in [1.807, 2.05) is 0 Å². The Kier molecular flexibility index (Phi) is 7.29. The first kappa shape index (κ1) is 30.8. The van der Waals surface area contributed by atoms with Crippen LogP contribution in [0.3, 0.4) is 0 Å². The minimum absolute atomic E-state index is 0.00789. The number of H-pyrrole nitrogens is 2. The number of fused-ring (bicyclic) bond motifs is 3. The van der Waals surface area contributed by atoms with Gasteiger partial charge in [0, 0.05) is 16.5 Å². The summed E-state index contributed by atoms with van der Waals surface area (Å²) in [5, 5.41) is 9.00. The number of ether oxygens (including phenoxy) is 1. The molecule has 0 radical (unpaired) electrons. The zero-order valence-electron chi connectivity index (χ0n) is 25.4. The van der Waals surface area contributed by atoms with Crippen LogP contribution in [0.5, 0.6) is 6.01 Å². The number of hydrogen-bond donors (Lipinski definition) is 4. The zero-order valence-corrected chi connectivity index (χ0v) is 25.4. The van der Waals surface area contributed by atoms with Gasteiger partial charge in [-0.25, -0.2) is 13.8 Å². The summed E-state index contributed by atoms with van der Waals surface area (Å²) in [6.45, 7) is 4.87. The summed E-state index contributed by atoms with van der Waals surface area (Å²) in [6.07, 6.45) is 0.939. The van der Waals surface area contributed by atoms with E-state index in [9.17, 15) is 22.4 Å². The molecule has 16 heteroatoms. The second kappa shape index (κ2) is 11.1. The Morgan fingerprint density at radius 3 is 2.62 bits per heavy atom. The molecule has 7 rings (SSSR count). The van der Waals surface area contributed by atoms with E-state index in [4.69, 9.17) is 10.5 Å². The standard InChI is InChI=1S/C31H30F5N9O2/c1-14-9-19-18(12-39-44-19)20(22(14)31(34,35)36)24-23(33)25-21(28(46)41-24)27(40-15(2)17-10-16(32)11-38-26(17)37)43-29(42-25)47-13-30-5-3-7-45(30)8-4-6-30/h9-12,15H,3-8,13H2,1-2H3,(H2,37,38)(H,39,44)(H,41,46)(H,40,42,43)/t15-/m1/s1. The van der Waals surface area contributed by atoms with E-state index < -0.39 is 51.7 Å². The number of nitrogens with two attached hydrogens (primary N) is 1. The summed E-state index contributed by atoms with van der Waals surface area (Å²) < 4.78 is 80.3. The molecule has 47 heavy (non-hydrogen) atoms. The molecule has 2 saturated heterocycles. The average Bonchev–Trinajstić information content (AvgIpc) is 3.74. The molecule has 11 nitrogen and oxygen atoms in total. The van der Waals surface area contributed by atoms with E-state index in [1.54, 1.807) is 6.92 Å². The highest BCUT2D eigenvalue weighted by molar-refractivity contribution is 5.99. The van der Waals surface area contributed by atoms with E-state index >= 15 is 4.39 Å². The highest BCUT2D eigenvalue weighted by Gasteiger charge is 2.45. The van der Waals surface area contributed by atoms with Gasteiger partial charge in [-0.3, -0.25) is 14.8 Å². The smallest absolute Gasteiger partial charge is 0.417 e.